The smallest absolute Gasteiger partial charge is 0.340 e. The van der Waals surface area contributed by atoms with Gasteiger partial charge in [-0.25, -0.2) is 4.79 Å². The highest BCUT2D eigenvalue weighted by atomic mass is 16.5. The summed E-state index contributed by atoms with van der Waals surface area (Å²) >= 11 is 0. The number of rotatable bonds is 7. The Labute approximate surface area is 176 Å². The number of hydrogen-bond donors (Lipinski definition) is 1. The van der Waals surface area contributed by atoms with Crippen LogP contribution in [0.3, 0.4) is 0 Å². The monoisotopic (exact) mass is 407 g/mol. The van der Waals surface area contributed by atoms with Crippen LogP contribution in [0.2, 0.25) is 0 Å². The van der Waals surface area contributed by atoms with Crippen LogP contribution < -0.4 is 4.74 Å². The summed E-state index contributed by atoms with van der Waals surface area (Å²) in [5.41, 5.74) is 2.44. The average Bonchev–Trinajstić information content (AvgIpc) is 2.98. The molecule has 3 rings (SSSR count). The molecule has 1 N–H and O–H groups in total. The van der Waals surface area contributed by atoms with E-state index in [1.54, 1.807) is 36.9 Å². The van der Waals surface area contributed by atoms with E-state index in [1.807, 2.05) is 30.3 Å². The highest BCUT2D eigenvalue weighted by Gasteiger charge is 2.37. The van der Waals surface area contributed by atoms with Crippen LogP contribution in [0.5, 0.6) is 11.5 Å². The predicted octanol–water partition coefficient (Wildman–Crippen LogP) is 3.71. The van der Waals surface area contributed by atoms with Crippen molar-refractivity contribution < 1.29 is 24.2 Å². The lowest BCUT2D eigenvalue weighted by atomic mass is 10.0. The summed E-state index contributed by atoms with van der Waals surface area (Å²) in [6.07, 6.45) is 2.16. The molecule has 0 fully saturated rings. The van der Waals surface area contributed by atoms with E-state index in [0.29, 0.717) is 24.2 Å². The molecule has 0 saturated heterocycles. The third-order valence-electron chi connectivity index (χ3n) is 5.01. The number of benzene rings is 2. The molecular weight excluding hydrogens is 382 g/mol. The zero-order valence-electron chi connectivity index (χ0n) is 17.3. The van der Waals surface area contributed by atoms with Crippen molar-refractivity contribution in [3.05, 3.63) is 76.5 Å². The summed E-state index contributed by atoms with van der Waals surface area (Å²) in [5, 5.41) is 10.4. The van der Waals surface area contributed by atoms with Gasteiger partial charge in [-0.3, -0.25) is 4.79 Å². The number of methoxy groups -OCH3 is 1. The van der Waals surface area contributed by atoms with Gasteiger partial charge in [0.05, 0.1) is 24.9 Å². The second kappa shape index (κ2) is 9.31. The number of allylic oxidation sites excluding steroid dienone is 1. The molecule has 1 aliphatic heterocycles. The first-order chi connectivity index (χ1) is 14.5. The van der Waals surface area contributed by atoms with E-state index < -0.39 is 5.97 Å². The Balaban J connectivity index is 1.99. The summed E-state index contributed by atoms with van der Waals surface area (Å²) in [7, 11) is 1.45. The molecule has 0 saturated carbocycles. The molecule has 0 radical (unpaired) electrons. The molecule has 2 aromatic rings. The molecule has 0 bridgehead atoms. The van der Waals surface area contributed by atoms with E-state index >= 15 is 0 Å². The van der Waals surface area contributed by atoms with Gasteiger partial charge in [-0.05, 0) is 38.0 Å². The Bertz CT molecular complexity index is 1010. The minimum Gasteiger partial charge on any atom is -0.504 e. The second-order valence-corrected chi connectivity index (χ2v) is 6.83. The molecular formula is C24H25NO5. The number of nitrogens with zero attached hydrogens (tertiary/aromatic N) is 1. The number of esters is 1. The first-order valence-electron chi connectivity index (χ1n) is 9.79. The molecule has 30 heavy (non-hydrogen) atoms. The molecule has 2 aromatic carbocycles. The molecule has 0 unspecified atom stereocenters. The van der Waals surface area contributed by atoms with Gasteiger partial charge in [-0.2, -0.15) is 0 Å². The van der Waals surface area contributed by atoms with Crippen LogP contribution in [0.1, 0.15) is 25.0 Å². The molecule has 156 valence electrons. The Hall–Kier alpha value is -3.54. The molecule has 6 nitrogen and oxygen atoms in total. The third kappa shape index (κ3) is 4.22. The van der Waals surface area contributed by atoms with Gasteiger partial charge in [0, 0.05) is 17.8 Å². The lowest BCUT2D eigenvalue weighted by molar-refractivity contribution is -0.138. The van der Waals surface area contributed by atoms with Crippen molar-refractivity contribution in [1.29, 1.82) is 0 Å². The fraction of sp³-hybridized carbons (Fsp3) is 0.250. The van der Waals surface area contributed by atoms with E-state index in [4.69, 9.17) is 9.47 Å². The van der Waals surface area contributed by atoms with Gasteiger partial charge in [0.25, 0.3) is 5.91 Å². The fourth-order valence-electron chi connectivity index (χ4n) is 3.46. The van der Waals surface area contributed by atoms with Crippen molar-refractivity contribution in [2.24, 2.45) is 0 Å². The number of phenolic OH excluding ortho intramolecular Hbond substituents is 1. The van der Waals surface area contributed by atoms with Gasteiger partial charge >= 0.3 is 5.97 Å². The van der Waals surface area contributed by atoms with E-state index in [0.717, 1.165) is 5.56 Å². The van der Waals surface area contributed by atoms with Crippen molar-refractivity contribution in [3.63, 3.8) is 0 Å². The SMILES string of the molecule is CCOC(=O)C1=C(C)N(CCc2ccccc2)C(=O)/C1=C\c1cccc(OC)c1O. The summed E-state index contributed by atoms with van der Waals surface area (Å²) in [6.45, 7) is 4.08. The number of amides is 1. The van der Waals surface area contributed by atoms with Crippen LogP contribution in [0.4, 0.5) is 0 Å². The van der Waals surface area contributed by atoms with Crippen molar-refractivity contribution in [3.8, 4) is 11.5 Å². The van der Waals surface area contributed by atoms with E-state index in [9.17, 15) is 14.7 Å². The molecule has 1 aliphatic rings. The van der Waals surface area contributed by atoms with Crippen LogP contribution in [0, 0.1) is 0 Å². The molecule has 0 spiro atoms. The van der Waals surface area contributed by atoms with Crippen LogP contribution in [-0.2, 0) is 20.7 Å². The zero-order valence-corrected chi connectivity index (χ0v) is 17.3. The Morgan fingerprint density at radius 3 is 2.53 bits per heavy atom. The Morgan fingerprint density at radius 1 is 1.13 bits per heavy atom. The summed E-state index contributed by atoms with van der Waals surface area (Å²) in [6, 6.07) is 14.8. The maximum absolute atomic E-state index is 13.2. The normalized spacial score (nSPS) is 15.1. The quantitative estimate of drug-likeness (QED) is 0.559. The van der Waals surface area contributed by atoms with Gasteiger partial charge < -0.3 is 19.5 Å². The van der Waals surface area contributed by atoms with Crippen molar-refractivity contribution in [2.75, 3.05) is 20.3 Å². The average molecular weight is 407 g/mol. The molecule has 0 atom stereocenters. The number of ether oxygens (including phenoxy) is 2. The maximum Gasteiger partial charge on any atom is 0.340 e. The van der Waals surface area contributed by atoms with Gasteiger partial charge in [0.15, 0.2) is 11.5 Å². The van der Waals surface area contributed by atoms with Crippen molar-refractivity contribution in [2.45, 2.75) is 20.3 Å². The number of hydrogen-bond acceptors (Lipinski definition) is 5. The third-order valence-corrected chi connectivity index (χ3v) is 5.01. The first-order valence-corrected chi connectivity index (χ1v) is 9.79. The largest absolute Gasteiger partial charge is 0.504 e. The highest BCUT2D eigenvalue weighted by molar-refractivity contribution is 6.16. The molecule has 6 heteroatoms. The predicted molar refractivity (Wildman–Crippen MR) is 114 cm³/mol. The number of carbonyl (C=O) groups is 2. The molecule has 1 amide bonds. The number of para-hydroxylation sites is 1. The van der Waals surface area contributed by atoms with E-state index in [1.165, 1.54) is 13.2 Å². The summed E-state index contributed by atoms with van der Waals surface area (Å²) in [5.74, 6) is -0.661. The van der Waals surface area contributed by atoms with Gasteiger partial charge in [-0.1, -0.05) is 42.5 Å². The topological polar surface area (TPSA) is 76.1 Å². The number of phenols is 1. The van der Waals surface area contributed by atoms with Crippen molar-refractivity contribution >= 4 is 18.0 Å². The minimum atomic E-state index is -0.556. The van der Waals surface area contributed by atoms with Crippen LogP contribution >= 0.6 is 0 Å². The van der Waals surface area contributed by atoms with Crippen molar-refractivity contribution in [1.82, 2.24) is 4.90 Å². The molecule has 1 heterocycles. The standard InChI is InChI=1S/C24H25NO5/c1-4-30-24(28)21-16(2)25(14-13-17-9-6-5-7-10-17)23(27)19(21)15-18-11-8-12-20(29-3)22(18)26/h5-12,15,26H,4,13-14H2,1-3H3/b19-15-. The van der Waals surface area contributed by atoms with Gasteiger partial charge in [0.2, 0.25) is 0 Å². The summed E-state index contributed by atoms with van der Waals surface area (Å²) < 4.78 is 10.3. The highest BCUT2D eigenvalue weighted by Crippen LogP contribution is 2.36. The first kappa shape index (κ1) is 21.2. The van der Waals surface area contributed by atoms with Gasteiger partial charge in [-0.15, -0.1) is 0 Å². The Kier molecular flexibility index (Phi) is 6.57. The molecule has 0 aliphatic carbocycles. The van der Waals surface area contributed by atoms with Crippen LogP contribution in [0.25, 0.3) is 6.08 Å². The number of aromatic hydroxyl groups is 1. The lowest BCUT2D eigenvalue weighted by Gasteiger charge is -2.17. The lowest BCUT2D eigenvalue weighted by Crippen LogP contribution is -2.27. The maximum atomic E-state index is 13.2. The summed E-state index contributed by atoms with van der Waals surface area (Å²) in [4.78, 5) is 27.5. The van der Waals surface area contributed by atoms with E-state index in [2.05, 4.69) is 0 Å². The number of carbonyl (C=O) groups excluding carboxylic acids is 2. The molecule has 0 aromatic heterocycles. The zero-order chi connectivity index (χ0) is 21.7. The fourth-order valence-corrected chi connectivity index (χ4v) is 3.46. The Morgan fingerprint density at radius 2 is 1.87 bits per heavy atom. The van der Waals surface area contributed by atoms with Crippen LogP contribution in [0.15, 0.2) is 65.4 Å². The van der Waals surface area contributed by atoms with Crippen LogP contribution in [-0.4, -0.2) is 42.1 Å². The van der Waals surface area contributed by atoms with E-state index in [-0.39, 0.29) is 35.2 Å². The van der Waals surface area contributed by atoms with Gasteiger partial charge in [0.1, 0.15) is 0 Å². The minimum absolute atomic E-state index is 0.0936. The second-order valence-electron chi connectivity index (χ2n) is 6.83.